The molecule has 0 spiro atoms. The summed E-state index contributed by atoms with van der Waals surface area (Å²) in [5, 5.41) is 3.39. The SMILES string of the molecule is O=C1OCC(OCCNCc2ccccc2-c2ccccc2)=C1Cl. The van der Waals surface area contributed by atoms with Crippen molar-refractivity contribution < 1.29 is 14.3 Å². The van der Waals surface area contributed by atoms with E-state index in [0.717, 1.165) is 6.54 Å². The summed E-state index contributed by atoms with van der Waals surface area (Å²) in [6.07, 6.45) is 0. The first-order valence-electron chi connectivity index (χ1n) is 7.78. The van der Waals surface area contributed by atoms with Gasteiger partial charge >= 0.3 is 5.97 Å². The van der Waals surface area contributed by atoms with E-state index in [0.29, 0.717) is 18.9 Å². The fourth-order valence-electron chi connectivity index (χ4n) is 2.52. The average Bonchev–Trinajstić information content (AvgIpc) is 2.95. The predicted molar refractivity (Wildman–Crippen MR) is 93.4 cm³/mol. The van der Waals surface area contributed by atoms with E-state index in [-0.39, 0.29) is 11.6 Å². The quantitative estimate of drug-likeness (QED) is 0.617. The first-order valence-corrected chi connectivity index (χ1v) is 8.16. The molecule has 0 aromatic heterocycles. The first kappa shape index (κ1) is 16.6. The van der Waals surface area contributed by atoms with Gasteiger partial charge in [0.25, 0.3) is 0 Å². The van der Waals surface area contributed by atoms with Crippen LogP contribution in [0.4, 0.5) is 0 Å². The van der Waals surface area contributed by atoms with Gasteiger partial charge in [-0.25, -0.2) is 4.79 Å². The number of halogens is 1. The van der Waals surface area contributed by atoms with E-state index in [1.807, 2.05) is 30.3 Å². The van der Waals surface area contributed by atoms with E-state index in [9.17, 15) is 4.79 Å². The van der Waals surface area contributed by atoms with E-state index >= 15 is 0 Å². The summed E-state index contributed by atoms with van der Waals surface area (Å²) < 4.78 is 10.3. The van der Waals surface area contributed by atoms with E-state index in [2.05, 4.69) is 29.6 Å². The minimum Gasteiger partial charge on any atom is -0.491 e. The molecule has 5 heteroatoms. The second-order valence-electron chi connectivity index (χ2n) is 5.36. The van der Waals surface area contributed by atoms with E-state index in [4.69, 9.17) is 21.1 Å². The smallest absolute Gasteiger partial charge is 0.353 e. The van der Waals surface area contributed by atoms with Crippen molar-refractivity contribution in [3.63, 3.8) is 0 Å². The number of esters is 1. The van der Waals surface area contributed by atoms with E-state index < -0.39 is 5.97 Å². The monoisotopic (exact) mass is 343 g/mol. The Kier molecular flexibility index (Phi) is 5.51. The highest BCUT2D eigenvalue weighted by Gasteiger charge is 2.24. The standard InChI is InChI=1S/C19H18ClNO3/c20-18-17(13-24-19(18)22)23-11-10-21-12-15-8-4-5-9-16(15)14-6-2-1-3-7-14/h1-9,21H,10-13H2. The fraction of sp³-hybridized carbons (Fsp3) is 0.211. The number of hydrogen-bond acceptors (Lipinski definition) is 4. The summed E-state index contributed by atoms with van der Waals surface area (Å²) in [5.41, 5.74) is 3.64. The number of carbonyl (C=O) groups is 1. The molecular weight excluding hydrogens is 326 g/mol. The molecule has 3 rings (SSSR count). The second kappa shape index (κ2) is 7.99. The highest BCUT2D eigenvalue weighted by Crippen LogP contribution is 2.23. The van der Waals surface area contributed by atoms with Crippen molar-refractivity contribution in [1.29, 1.82) is 0 Å². The summed E-state index contributed by atoms with van der Waals surface area (Å²) in [6, 6.07) is 18.6. The molecule has 0 atom stereocenters. The van der Waals surface area contributed by atoms with Crippen LogP contribution in [-0.2, 0) is 20.8 Å². The summed E-state index contributed by atoms with van der Waals surface area (Å²) in [5.74, 6) is -0.107. The molecule has 1 N–H and O–H groups in total. The van der Waals surface area contributed by atoms with Crippen LogP contribution in [0.5, 0.6) is 0 Å². The zero-order valence-corrected chi connectivity index (χ0v) is 13.9. The third-order valence-electron chi connectivity index (χ3n) is 3.73. The highest BCUT2D eigenvalue weighted by molar-refractivity contribution is 6.42. The molecule has 1 aliphatic rings. The fourth-order valence-corrected chi connectivity index (χ4v) is 2.68. The van der Waals surface area contributed by atoms with E-state index in [1.165, 1.54) is 16.7 Å². The number of benzene rings is 2. The second-order valence-corrected chi connectivity index (χ2v) is 5.74. The van der Waals surface area contributed by atoms with Gasteiger partial charge in [-0.3, -0.25) is 0 Å². The maximum Gasteiger partial charge on any atom is 0.353 e. The maximum absolute atomic E-state index is 11.1. The van der Waals surface area contributed by atoms with Gasteiger partial charge in [0, 0.05) is 13.1 Å². The molecule has 1 aliphatic heterocycles. The zero-order chi connectivity index (χ0) is 16.8. The van der Waals surface area contributed by atoms with Crippen molar-refractivity contribution in [1.82, 2.24) is 5.32 Å². The lowest BCUT2D eigenvalue weighted by Crippen LogP contribution is -2.19. The highest BCUT2D eigenvalue weighted by atomic mass is 35.5. The molecule has 0 fully saturated rings. The molecule has 0 amide bonds. The molecule has 2 aromatic rings. The van der Waals surface area contributed by atoms with E-state index in [1.54, 1.807) is 0 Å². The summed E-state index contributed by atoms with van der Waals surface area (Å²) in [7, 11) is 0. The lowest BCUT2D eigenvalue weighted by Gasteiger charge is -2.11. The minimum atomic E-state index is -0.517. The molecule has 4 nitrogen and oxygen atoms in total. The Morgan fingerprint density at radius 2 is 1.83 bits per heavy atom. The lowest BCUT2D eigenvalue weighted by atomic mass is 10.00. The van der Waals surface area contributed by atoms with Crippen molar-refractivity contribution in [2.45, 2.75) is 6.54 Å². The lowest BCUT2D eigenvalue weighted by molar-refractivity contribution is -0.135. The normalized spacial score (nSPS) is 14.0. The number of ether oxygens (including phenoxy) is 2. The molecule has 124 valence electrons. The first-order chi connectivity index (χ1) is 11.8. The largest absolute Gasteiger partial charge is 0.491 e. The summed E-state index contributed by atoms with van der Waals surface area (Å²) >= 11 is 5.79. The molecular formula is C19H18ClNO3. The van der Waals surface area contributed by atoms with Crippen LogP contribution in [0.2, 0.25) is 0 Å². The Morgan fingerprint density at radius 1 is 1.08 bits per heavy atom. The molecule has 0 saturated carbocycles. The van der Waals surface area contributed by atoms with Gasteiger partial charge in [-0.15, -0.1) is 0 Å². The number of cyclic esters (lactones) is 1. The van der Waals surface area contributed by atoms with Gasteiger partial charge in [-0.2, -0.15) is 0 Å². The minimum absolute atomic E-state index is 0.0458. The zero-order valence-electron chi connectivity index (χ0n) is 13.1. The predicted octanol–water partition coefficient (Wildman–Crippen LogP) is 3.47. The van der Waals surface area contributed by atoms with Crippen LogP contribution in [0, 0.1) is 0 Å². The Hall–Kier alpha value is -2.30. The van der Waals surface area contributed by atoms with Gasteiger partial charge in [0.1, 0.15) is 6.61 Å². The van der Waals surface area contributed by atoms with Crippen molar-refractivity contribution in [2.24, 2.45) is 0 Å². The van der Waals surface area contributed by atoms with Crippen molar-refractivity contribution >= 4 is 17.6 Å². The van der Waals surface area contributed by atoms with Gasteiger partial charge in [-0.1, -0.05) is 66.2 Å². The third kappa shape index (κ3) is 3.96. The molecule has 0 saturated heterocycles. The Morgan fingerprint density at radius 3 is 2.58 bits per heavy atom. The van der Waals surface area contributed by atoms with Crippen LogP contribution in [0.1, 0.15) is 5.56 Å². The van der Waals surface area contributed by atoms with Crippen LogP contribution in [0.25, 0.3) is 11.1 Å². The number of hydrogen-bond donors (Lipinski definition) is 1. The van der Waals surface area contributed by atoms with Gasteiger partial charge in [0.15, 0.2) is 17.4 Å². The van der Waals surface area contributed by atoms with Gasteiger partial charge in [0.2, 0.25) is 0 Å². The number of nitrogens with one attached hydrogen (secondary N) is 1. The molecule has 0 unspecified atom stereocenters. The Bertz CT molecular complexity index is 743. The Labute approximate surface area is 146 Å². The van der Waals surface area contributed by atoms with Gasteiger partial charge in [-0.05, 0) is 16.7 Å². The van der Waals surface area contributed by atoms with Crippen molar-refractivity contribution in [2.75, 3.05) is 19.8 Å². The van der Waals surface area contributed by atoms with Crippen molar-refractivity contribution in [3.8, 4) is 11.1 Å². The number of carbonyl (C=O) groups excluding carboxylic acids is 1. The molecule has 2 aromatic carbocycles. The van der Waals surface area contributed by atoms with Crippen LogP contribution >= 0.6 is 11.6 Å². The third-order valence-corrected chi connectivity index (χ3v) is 4.10. The molecule has 0 bridgehead atoms. The van der Waals surface area contributed by atoms with Crippen LogP contribution in [-0.4, -0.2) is 25.7 Å². The summed E-state index contributed by atoms with van der Waals surface area (Å²) in [4.78, 5) is 11.1. The molecule has 0 radical (unpaired) electrons. The van der Waals surface area contributed by atoms with Gasteiger partial charge in [0.05, 0.1) is 0 Å². The van der Waals surface area contributed by atoms with Crippen molar-refractivity contribution in [3.05, 3.63) is 71.0 Å². The molecule has 24 heavy (non-hydrogen) atoms. The maximum atomic E-state index is 11.1. The molecule has 1 heterocycles. The topological polar surface area (TPSA) is 47.6 Å². The average molecular weight is 344 g/mol. The van der Waals surface area contributed by atoms with Crippen LogP contribution in [0.15, 0.2) is 65.4 Å². The Balaban J connectivity index is 1.52. The summed E-state index contributed by atoms with van der Waals surface area (Å²) in [6.45, 7) is 1.92. The molecule has 0 aliphatic carbocycles. The van der Waals surface area contributed by atoms with Crippen LogP contribution < -0.4 is 5.32 Å². The van der Waals surface area contributed by atoms with Crippen LogP contribution in [0.3, 0.4) is 0 Å². The van der Waals surface area contributed by atoms with Gasteiger partial charge < -0.3 is 14.8 Å². The number of rotatable bonds is 7.